The maximum atomic E-state index is 13.5. The van der Waals surface area contributed by atoms with Crippen molar-refractivity contribution in [2.24, 2.45) is 0 Å². The zero-order chi connectivity index (χ0) is 21.3. The Labute approximate surface area is 166 Å². The highest BCUT2D eigenvalue weighted by molar-refractivity contribution is 7.53. The first-order valence-electron chi connectivity index (χ1n) is 8.93. The lowest BCUT2D eigenvalue weighted by molar-refractivity contribution is -0.364. The summed E-state index contributed by atoms with van der Waals surface area (Å²) in [4.78, 5) is 12.0. The summed E-state index contributed by atoms with van der Waals surface area (Å²) >= 11 is 0. The molecule has 2 rings (SSSR count). The van der Waals surface area contributed by atoms with E-state index in [4.69, 9.17) is 28.2 Å². The number of methoxy groups -OCH3 is 2. The summed E-state index contributed by atoms with van der Waals surface area (Å²) in [7, 11) is 5.89. The smallest absolute Gasteiger partial charge is 0.407 e. The zero-order valence-electron chi connectivity index (χ0n) is 17.7. The highest BCUT2D eigenvalue weighted by Gasteiger charge is 2.55. The Morgan fingerprint density at radius 1 is 1.18 bits per heavy atom. The van der Waals surface area contributed by atoms with Crippen molar-refractivity contribution in [1.29, 1.82) is 0 Å². The largest absolute Gasteiger partial charge is 0.453 e. The SMILES string of the molecule is COC(=O)N[C@H]1C(OC)O[C@@H]2COC(C)(C)O[C@H]2[C@@H]1OP(=O)(N(C)C)N(C)C. The number of nitrogens with zero attached hydrogens (tertiary/aromatic N) is 2. The van der Waals surface area contributed by atoms with E-state index >= 15 is 0 Å². The van der Waals surface area contributed by atoms with E-state index in [1.54, 1.807) is 42.0 Å². The summed E-state index contributed by atoms with van der Waals surface area (Å²) in [5, 5.41) is 2.67. The van der Waals surface area contributed by atoms with Crippen LogP contribution in [0, 0.1) is 0 Å². The predicted molar refractivity (Wildman–Crippen MR) is 99.8 cm³/mol. The Morgan fingerprint density at radius 3 is 2.29 bits per heavy atom. The topological polar surface area (TPSA) is 108 Å². The molecule has 0 aliphatic carbocycles. The van der Waals surface area contributed by atoms with E-state index in [-0.39, 0.29) is 6.61 Å². The van der Waals surface area contributed by atoms with Crippen LogP contribution in [-0.2, 0) is 32.8 Å². The van der Waals surface area contributed by atoms with E-state index in [9.17, 15) is 9.36 Å². The number of fused-ring (bicyclic) bond motifs is 1. The molecule has 0 aromatic rings. The van der Waals surface area contributed by atoms with Gasteiger partial charge >= 0.3 is 13.8 Å². The highest BCUT2D eigenvalue weighted by Crippen LogP contribution is 2.53. The van der Waals surface area contributed by atoms with Gasteiger partial charge in [-0.05, 0) is 42.0 Å². The van der Waals surface area contributed by atoms with E-state index in [1.807, 2.05) is 0 Å². The molecule has 2 aliphatic rings. The van der Waals surface area contributed by atoms with Crippen molar-refractivity contribution in [2.75, 3.05) is 49.0 Å². The minimum absolute atomic E-state index is 0.233. The number of ether oxygens (including phenoxy) is 5. The lowest BCUT2D eigenvalue weighted by Gasteiger charge is -2.51. The number of carbonyl (C=O) groups is 1. The molecule has 5 atom stereocenters. The maximum absolute atomic E-state index is 13.5. The third kappa shape index (κ3) is 4.85. The summed E-state index contributed by atoms with van der Waals surface area (Å²) in [5.74, 6) is -0.901. The molecule has 0 aromatic heterocycles. The van der Waals surface area contributed by atoms with Gasteiger partial charge in [0.15, 0.2) is 12.1 Å². The van der Waals surface area contributed by atoms with Crippen molar-refractivity contribution in [3.05, 3.63) is 0 Å². The van der Waals surface area contributed by atoms with Gasteiger partial charge in [0.2, 0.25) is 0 Å². The Hall–Kier alpha value is -0.780. The molecule has 2 fully saturated rings. The van der Waals surface area contributed by atoms with Gasteiger partial charge in [-0.2, -0.15) is 0 Å². The minimum Gasteiger partial charge on any atom is -0.453 e. The summed E-state index contributed by atoms with van der Waals surface area (Å²) in [6, 6.07) is -0.833. The van der Waals surface area contributed by atoms with Gasteiger partial charge in [0.1, 0.15) is 24.4 Å². The molecular formula is C16H32N3O8P. The van der Waals surface area contributed by atoms with Crippen LogP contribution < -0.4 is 5.32 Å². The number of alkyl carbamates (subject to hydrolysis) is 1. The molecule has 0 radical (unpaired) electrons. The van der Waals surface area contributed by atoms with E-state index in [0.717, 1.165) is 0 Å². The van der Waals surface area contributed by atoms with Crippen LogP contribution >= 0.6 is 7.67 Å². The Balaban J connectivity index is 2.44. The molecule has 2 aliphatic heterocycles. The molecule has 1 unspecified atom stereocenters. The molecule has 0 aromatic carbocycles. The third-order valence-electron chi connectivity index (χ3n) is 4.63. The first-order chi connectivity index (χ1) is 12.9. The van der Waals surface area contributed by atoms with Crippen LogP contribution in [0.3, 0.4) is 0 Å². The van der Waals surface area contributed by atoms with Crippen molar-refractivity contribution in [1.82, 2.24) is 14.7 Å². The zero-order valence-corrected chi connectivity index (χ0v) is 18.6. The Kier molecular flexibility index (Phi) is 7.49. The van der Waals surface area contributed by atoms with E-state index in [0.29, 0.717) is 0 Å². The third-order valence-corrected chi connectivity index (χ3v) is 7.17. The quantitative estimate of drug-likeness (QED) is 0.615. The summed E-state index contributed by atoms with van der Waals surface area (Å²) in [5.41, 5.74) is 0. The van der Waals surface area contributed by atoms with Gasteiger partial charge < -0.3 is 29.0 Å². The van der Waals surface area contributed by atoms with Gasteiger partial charge in [0, 0.05) is 7.11 Å². The second-order valence-electron chi connectivity index (χ2n) is 7.49. The normalized spacial score (nSPS) is 32.9. The van der Waals surface area contributed by atoms with Crippen molar-refractivity contribution < 1.29 is 37.6 Å². The molecule has 0 saturated carbocycles. The van der Waals surface area contributed by atoms with Crippen molar-refractivity contribution >= 4 is 13.8 Å². The number of nitrogens with one attached hydrogen (secondary N) is 1. The summed E-state index contributed by atoms with van der Waals surface area (Å²) in [6.07, 6.45) is -3.63. The van der Waals surface area contributed by atoms with Crippen LogP contribution in [-0.4, -0.2) is 101 Å². The molecular weight excluding hydrogens is 393 g/mol. The maximum Gasteiger partial charge on any atom is 0.407 e. The fourth-order valence-electron chi connectivity index (χ4n) is 3.20. The molecule has 12 heteroatoms. The van der Waals surface area contributed by atoms with Crippen molar-refractivity contribution in [3.63, 3.8) is 0 Å². The van der Waals surface area contributed by atoms with Gasteiger partial charge in [0.05, 0.1) is 13.7 Å². The first kappa shape index (κ1) is 23.5. The second kappa shape index (κ2) is 8.93. The molecule has 1 amide bonds. The van der Waals surface area contributed by atoms with Crippen LogP contribution in [0.1, 0.15) is 13.8 Å². The first-order valence-corrected chi connectivity index (χ1v) is 10.5. The average Bonchev–Trinajstić information content (AvgIpc) is 2.62. The van der Waals surface area contributed by atoms with Crippen LogP contribution in [0.2, 0.25) is 0 Å². The van der Waals surface area contributed by atoms with E-state index < -0.39 is 50.2 Å². The molecule has 2 saturated heterocycles. The number of rotatable bonds is 6. The molecule has 0 spiro atoms. The number of hydrogen-bond donors (Lipinski definition) is 1. The Bertz CT molecular complexity index is 590. The van der Waals surface area contributed by atoms with Crippen molar-refractivity contribution in [2.45, 2.75) is 50.3 Å². The molecule has 164 valence electrons. The molecule has 2 heterocycles. The van der Waals surface area contributed by atoms with Crippen molar-refractivity contribution in [3.8, 4) is 0 Å². The van der Waals surface area contributed by atoms with Gasteiger partial charge in [-0.15, -0.1) is 0 Å². The monoisotopic (exact) mass is 425 g/mol. The number of hydrogen-bond acceptors (Lipinski definition) is 8. The van der Waals surface area contributed by atoms with Gasteiger partial charge in [-0.3, -0.25) is 9.09 Å². The fourth-order valence-corrected chi connectivity index (χ4v) is 4.87. The van der Waals surface area contributed by atoms with Crippen LogP contribution in [0.15, 0.2) is 0 Å². The van der Waals surface area contributed by atoms with E-state index in [1.165, 1.54) is 23.6 Å². The lowest BCUT2D eigenvalue weighted by atomic mass is 9.95. The van der Waals surface area contributed by atoms with Crippen LogP contribution in [0.4, 0.5) is 4.79 Å². The number of carbonyl (C=O) groups excluding carboxylic acids is 1. The summed E-state index contributed by atoms with van der Waals surface area (Å²) < 4.78 is 50.5. The van der Waals surface area contributed by atoms with Gasteiger partial charge in [0.25, 0.3) is 0 Å². The fraction of sp³-hybridized carbons (Fsp3) is 0.938. The van der Waals surface area contributed by atoms with Gasteiger partial charge in [-0.1, -0.05) is 0 Å². The van der Waals surface area contributed by atoms with Crippen LogP contribution in [0.5, 0.6) is 0 Å². The molecule has 28 heavy (non-hydrogen) atoms. The lowest BCUT2D eigenvalue weighted by Crippen LogP contribution is -2.69. The van der Waals surface area contributed by atoms with Gasteiger partial charge in [-0.25, -0.2) is 14.1 Å². The molecule has 1 N–H and O–H groups in total. The predicted octanol–water partition coefficient (Wildman–Crippen LogP) is 0.850. The standard InChI is InChI=1S/C16H32N3O8P/c1-16(2)24-9-10-12(26-16)13(27-28(21,18(3)4)19(5)6)11(14(22-7)25-10)17-15(20)23-8/h10-14H,9H2,1-8H3,(H,17,20)/t10-,11-,12-,13-,14?/m1/s1. The van der Waals surface area contributed by atoms with E-state index in [2.05, 4.69) is 5.32 Å². The molecule has 0 bridgehead atoms. The minimum atomic E-state index is -3.42. The highest BCUT2D eigenvalue weighted by atomic mass is 31.2. The average molecular weight is 425 g/mol. The van der Waals surface area contributed by atoms with Crippen LogP contribution in [0.25, 0.3) is 0 Å². The Morgan fingerprint density at radius 2 is 1.79 bits per heavy atom. The second-order valence-corrected chi connectivity index (χ2v) is 10.3. The summed E-state index contributed by atoms with van der Waals surface area (Å²) in [6.45, 7) is 3.77. The molecule has 11 nitrogen and oxygen atoms in total. The number of amides is 1.